The molecular weight excluding hydrogens is 382 g/mol. The quantitative estimate of drug-likeness (QED) is 0.803. The molecule has 3 aliphatic heterocycles. The number of piperidine rings is 2. The van der Waals surface area contributed by atoms with Gasteiger partial charge in [-0.2, -0.15) is 0 Å². The molecule has 0 aromatic carbocycles. The molecule has 0 bridgehead atoms. The van der Waals surface area contributed by atoms with E-state index in [9.17, 15) is 9.59 Å². The first kappa shape index (κ1) is 21.1. The highest BCUT2D eigenvalue weighted by Gasteiger charge is 2.33. The number of amides is 3. The summed E-state index contributed by atoms with van der Waals surface area (Å²) >= 11 is 0. The number of carbonyl (C=O) groups excluding carboxylic acids is 2. The molecule has 1 atom stereocenters. The maximum Gasteiger partial charge on any atom is 0.320 e. The van der Waals surface area contributed by atoms with Crippen LogP contribution in [0.5, 0.6) is 0 Å². The summed E-state index contributed by atoms with van der Waals surface area (Å²) in [5.41, 5.74) is 1.02. The Balaban J connectivity index is 1.23. The Bertz CT molecular complexity index is 702. The SMILES string of the molecule is O=C(NCc1cccnc1)[C@@H]1CCCN(C2CCN(C(=O)N3CCOCC3)CC2)C1. The van der Waals surface area contributed by atoms with Crippen LogP contribution in [0.4, 0.5) is 4.79 Å². The number of hydrogen-bond acceptors (Lipinski definition) is 5. The number of morpholine rings is 1. The Morgan fingerprint density at radius 2 is 1.83 bits per heavy atom. The molecule has 0 saturated carbocycles. The first-order chi connectivity index (χ1) is 14.7. The van der Waals surface area contributed by atoms with Crippen LogP contribution in [0.1, 0.15) is 31.2 Å². The lowest BCUT2D eigenvalue weighted by molar-refractivity contribution is -0.127. The molecule has 8 nitrogen and oxygen atoms in total. The molecule has 1 aromatic rings. The molecule has 0 unspecified atom stereocenters. The summed E-state index contributed by atoms with van der Waals surface area (Å²) in [5, 5.41) is 3.08. The van der Waals surface area contributed by atoms with Gasteiger partial charge in [-0.3, -0.25) is 14.7 Å². The fourth-order valence-corrected chi connectivity index (χ4v) is 4.77. The van der Waals surface area contributed by atoms with Crippen LogP contribution in [-0.4, -0.2) is 90.1 Å². The molecule has 3 fully saturated rings. The summed E-state index contributed by atoms with van der Waals surface area (Å²) in [6, 6.07) is 4.49. The van der Waals surface area contributed by atoms with E-state index < -0.39 is 0 Å². The molecule has 4 rings (SSSR count). The van der Waals surface area contributed by atoms with Crippen molar-refractivity contribution in [3.05, 3.63) is 30.1 Å². The van der Waals surface area contributed by atoms with Crippen molar-refractivity contribution >= 4 is 11.9 Å². The van der Waals surface area contributed by atoms with Crippen LogP contribution in [0.25, 0.3) is 0 Å². The zero-order valence-electron chi connectivity index (χ0n) is 17.7. The van der Waals surface area contributed by atoms with Crippen molar-refractivity contribution < 1.29 is 14.3 Å². The number of hydrogen-bond donors (Lipinski definition) is 1. The molecule has 3 aliphatic rings. The van der Waals surface area contributed by atoms with Gasteiger partial charge in [0.15, 0.2) is 0 Å². The highest BCUT2D eigenvalue weighted by molar-refractivity contribution is 5.79. The lowest BCUT2D eigenvalue weighted by Crippen LogP contribution is -2.54. The third kappa shape index (κ3) is 5.29. The van der Waals surface area contributed by atoms with E-state index in [0.29, 0.717) is 38.9 Å². The molecule has 1 aromatic heterocycles. The van der Waals surface area contributed by atoms with Crippen LogP contribution in [0.15, 0.2) is 24.5 Å². The average Bonchev–Trinajstić information content (AvgIpc) is 2.83. The minimum Gasteiger partial charge on any atom is -0.378 e. The smallest absolute Gasteiger partial charge is 0.320 e. The van der Waals surface area contributed by atoms with E-state index >= 15 is 0 Å². The van der Waals surface area contributed by atoms with Crippen LogP contribution in [0.2, 0.25) is 0 Å². The highest BCUT2D eigenvalue weighted by atomic mass is 16.5. The fraction of sp³-hybridized carbons (Fsp3) is 0.682. The number of likely N-dealkylation sites (tertiary alicyclic amines) is 2. The molecule has 4 heterocycles. The molecule has 30 heavy (non-hydrogen) atoms. The normalized spacial score (nSPS) is 23.9. The van der Waals surface area contributed by atoms with E-state index in [1.54, 1.807) is 12.4 Å². The van der Waals surface area contributed by atoms with Gasteiger partial charge < -0.3 is 19.9 Å². The first-order valence-corrected chi connectivity index (χ1v) is 11.2. The number of rotatable bonds is 4. The van der Waals surface area contributed by atoms with Crippen molar-refractivity contribution in [1.82, 2.24) is 25.0 Å². The average molecular weight is 416 g/mol. The molecule has 164 valence electrons. The summed E-state index contributed by atoms with van der Waals surface area (Å²) in [5.74, 6) is 0.187. The summed E-state index contributed by atoms with van der Waals surface area (Å²) in [4.78, 5) is 35.9. The summed E-state index contributed by atoms with van der Waals surface area (Å²) in [7, 11) is 0. The number of nitrogens with zero attached hydrogens (tertiary/aromatic N) is 4. The van der Waals surface area contributed by atoms with Gasteiger partial charge in [-0.05, 0) is 43.9 Å². The van der Waals surface area contributed by atoms with Crippen molar-refractivity contribution in [3.8, 4) is 0 Å². The van der Waals surface area contributed by atoms with Gasteiger partial charge in [0, 0.05) is 57.7 Å². The minimum absolute atomic E-state index is 0.0448. The number of pyridine rings is 1. The number of carbonyl (C=O) groups is 2. The maximum atomic E-state index is 12.7. The maximum absolute atomic E-state index is 12.7. The highest BCUT2D eigenvalue weighted by Crippen LogP contribution is 2.24. The van der Waals surface area contributed by atoms with Crippen LogP contribution >= 0.6 is 0 Å². The fourth-order valence-electron chi connectivity index (χ4n) is 4.77. The molecule has 8 heteroatoms. The van der Waals surface area contributed by atoms with Crippen molar-refractivity contribution in [2.75, 3.05) is 52.5 Å². The zero-order valence-corrected chi connectivity index (χ0v) is 17.7. The Morgan fingerprint density at radius 3 is 2.57 bits per heavy atom. The lowest BCUT2D eigenvalue weighted by Gasteiger charge is -2.43. The van der Waals surface area contributed by atoms with E-state index in [4.69, 9.17) is 4.74 Å². The predicted molar refractivity (Wildman–Crippen MR) is 113 cm³/mol. The van der Waals surface area contributed by atoms with Gasteiger partial charge in [0.2, 0.25) is 5.91 Å². The Hall–Kier alpha value is -2.19. The van der Waals surface area contributed by atoms with Crippen molar-refractivity contribution in [2.24, 2.45) is 5.92 Å². The van der Waals surface area contributed by atoms with Gasteiger partial charge in [-0.15, -0.1) is 0 Å². The van der Waals surface area contributed by atoms with Gasteiger partial charge in [0.05, 0.1) is 19.1 Å². The molecule has 1 N–H and O–H groups in total. The van der Waals surface area contributed by atoms with E-state index in [0.717, 1.165) is 57.4 Å². The van der Waals surface area contributed by atoms with Crippen LogP contribution in [-0.2, 0) is 16.1 Å². The van der Waals surface area contributed by atoms with Crippen LogP contribution in [0.3, 0.4) is 0 Å². The molecule has 3 amide bonds. The molecule has 0 aliphatic carbocycles. The van der Waals surface area contributed by atoms with Crippen molar-refractivity contribution in [2.45, 2.75) is 38.3 Å². The molecule has 3 saturated heterocycles. The molecule has 0 radical (unpaired) electrons. The predicted octanol–water partition coefficient (Wildman–Crippen LogP) is 1.33. The number of urea groups is 1. The van der Waals surface area contributed by atoms with Gasteiger partial charge >= 0.3 is 6.03 Å². The van der Waals surface area contributed by atoms with E-state index in [1.165, 1.54) is 0 Å². The Kier molecular flexibility index (Phi) is 7.17. The van der Waals surface area contributed by atoms with E-state index in [-0.39, 0.29) is 17.9 Å². The largest absolute Gasteiger partial charge is 0.378 e. The third-order valence-corrected chi connectivity index (χ3v) is 6.55. The summed E-state index contributed by atoms with van der Waals surface area (Å²) in [6.07, 6.45) is 7.51. The topological polar surface area (TPSA) is 78.0 Å². The Morgan fingerprint density at radius 1 is 1.07 bits per heavy atom. The van der Waals surface area contributed by atoms with E-state index in [1.807, 2.05) is 21.9 Å². The molecule has 0 spiro atoms. The monoisotopic (exact) mass is 415 g/mol. The van der Waals surface area contributed by atoms with Crippen LogP contribution < -0.4 is 5.32 Å². The zero-order chi connectivity index (χ0) is 20.8. The second-order valence-electron chi connectivity index (χ2n) is 8.51. The number of aromatic nitrogens is 1. The van der Waals surface area contributed by atoms with Crippen LogP contribution in [0, 0.1) is 5.92 Å². The number of nitrogens with one attached hydrogen (secondary N) is 1. The van der Waals surface area contributed by atoms with Crippen molar-refractivity contribution in [1.29, 1.82) is 0 Å². The second kappa shape index (κ2) is 10.2. The third-order valence-electron chi connectivity index (χ3n) is 6.55. The van der Waals surface area contributed by atoms with Gasteiger partial charge in [-0.25, -0.2) is 4.79 Å². The van der Waals surface area contributed by atoms with Gasteiger partial charge in [0.25, 0.3) is 0 Å². The van der Waals surface area contributed by atoms with Gasteiger partial charge in [0.1, 0.15) is 0 Å². The molecular formula is C22H33N5O3. The van der Waals surface area contributed by atoms with Crippen molar-refractivity contribution in [3.63, 3.8) is 0 Å². The number of ether oxygens (including phenoxy) is 1. The standard InChI is InChI=1S/C22H33N5O3/c28-21(24-16-18-3-1-7-23-15-18)19-4-2-8-27(17-19)20-5-9-25(10-6-20)22(29)26-11-13-30-14-12-26/h1,3,7,15,19-20H,2,4-6,8-14,16-17H2,(H,24,28)/t19-/m1/s1. The van der Waals surface area contributed by atoms with Gasteiger partial charge in [-0.1, -0.05) is 6.07 Å². The van der Waals surface area contributed by atoms with E-state index in [2.05, 4.69) is 15.2 Å². The summed E-state index contributed by atoms with van der Waals surface area (Å²) in [6.45, 7) is 6.67. The lowest BCUT2D eigenvalue weighted by atomic mass is 9.93. The Labute approximate surface area is 178 Å². The first-order valence-electron chi connectivity index (χ1n) is 11.2. The second-order valence-corrected chi connectivity index (χ2v) is 8.51. The summed E-state index contributed by atoms with van der Waals surface area (Å²) < 4.78 is 5.35. The minimum atomic E-state index is 0.0448.